The summed E-state index contributed by atoms with van der Waals surface area (Å²) in [5.41, 5.74) is 4.54. The monoisotopic (exact) mass is 346 g/mol. The fourth-order valence-corrected chi connectivity index (χ4v) is 3.90. The van der Waals surface area contributed by atoms with E-state index >= 15 is 0 Å². The van der Waals surface area contributed by atoms with Gasteiger partial charge >= 0.3 is 0 Å². The molecule has 0 aliphatic carbocycles. The molecule has 0 atom stereocenters. The van der Waals surface area contributed by atoms with E-state index in [0.717, 1.165) is 34.0 Å². The van der Waals surface area contributed by atoms with E-state index in [-0.39, 0.29) is 11.5 Å². The molecule has 0 saturated heterocycles. The van der Waals surface area contributed by atoms with Gasteiger partial charge in [-0.1, -0.05) is 42.5 Å². The summed E-state index contributed by atoms with van der Waals surface area (Å²) in [6.45, 7) is 0.685. The molecule has 2 heterocycles. The van der Waals surface area contributed by atoms with Crippen molar-refractivity contribution in [2.45, 2.75) is 25.8 Å². The first-order chi connectivity index (χ1) is 12.6. The number of rotatable bonds is 3. The van der Waals surface area contributed by atoms with E-state index in [2.05, 4.69) is 12.1 Å². The fraction of sp³-hybridized carbons (Fsp3) is 0.273. The van der Waals surface area contributed by atoms with Crippen LogP contribution in [0.1, 0.15) is 17.5 Å². The number of carbonyl (C=O) groups excluding carboxylic acids is 1. The van der Waals surface area contributed by atoms with Gasteiger partial charge in [0.25, 0.3) is 5.56 Å². The standard InChI is InChI=1S/C22H22N2O2/c1-23(2)20(25)12-11-18-17-9-5-6-10-19(17)22(26)24-14-13-15-7-3-4-8-16(15)21(18)24/h3-10H,11-14H2,1-2H3. The van der Waals surface area contributed by atoms with Crippen LogP contribution in [-0.2, 0) is 24.2 Å². The van der Waals surface area contributed by atoms with Gasteiger partial charge in [-0.2, -0.15) is 0 Å². The number of benzene rings is 2. The van der Waals surface area contributed by atoms with Gasteiger partial charge in [0.05, 0.1) is 5.69 Å². The Bertz CT molecular complexity index is 1060. The molecule has 0 fully saturated rings. The Labute approximate surface area is 152 Å². The topological polar surface area (TPSA) is 42.3 Å². The predicted molar refractivity (Wildman–Crippen MR) is 104 cm³/mol. The van der Waals surface area contributed by atoms with Crippen molar-refractivity contribution in [3.8, 4) is 11.3 Å². The molecule has 0 radical (unpaired) electrons. The summed E-state index contributed by atoms with van der Waals surface area (Å²) >= 11 is 0. The Morgan fingerprint density at radius 1 is 1.04 bits per heavy atom. The minimum Gasteiger partial charge on any atom is -0.349 e. The number of nitrogens with zero attached hydrogens (tertiary/aromatic N) is 2. The van der Waals surface area contributed by atoms with Gasteiger partial charge in [0.2, 0.25) is 5.91 Å². The highest BCUT2D eigenvalue weighted by Crippen LogP contribution is 2.34. The van der Waals surface area contributed by atoms with Gasteiger partial charge in [0, 0.05) is 38.0 Å². The first-order valence-electron chi connectivity index (χ1n) is 9.01. The largest absolute Gasteiger partial charge is 0.349 e. The Hall–Kier alpha value is -2.88. The van der Waals surface area contributed by atoms with Gasteiger partial charge in [-0.25, -0.2) is 0 Å². The van der Waals surface area contributed by atoms with E-state index < -0.39 is 0 Å². The van der Waals surface area contributed by atoms with Crippen LogP contribution < -0.4 is 5.56 Å². The SMILES string of the molecule is CN(C)C(=O)CCc1c2n(c(=O)c3ccccc13)CCc1ccccc1-2. The Kier molecular flexibility index (Phi) is 4.11. The first-order valence-corrected chi connectivity index (χ1v) is 9.01. The van der Waals surface area contributed by atoms with Crippen LogP contribution in [0.15, 0.2) is 53.3 Å². The molecule has 0 bridgehead atoms. The molecule has 132 valence electrons. The second kappa shape index (κ2) is 6.45. The molecule has 0 saturated carbocycles. The van der Waals surface area contributed by atoms with Crippen LogP contribution >= 0.6 is 0 Å². The Morgan fingerprint density at radius 3 is 2.50 bits per heavy atom. The molecule has 26 heavy (non-hydrogen) atoms. The average molecular weight is 346 g/mol. The summed E-state index contributed by atoms with van der Waals surface area (Å²) in [5, 5.41) is 1.70. The van der Waals surface area contributed by atoms with Crippen LogP contribution in [-0.4, -0.2) is 29.5 Å². The average Bonchev–Trinajstić information content (AvgIpc) is 2.67. The quantitative estimate of drug-likeness (QED) is 0.731. The summed E-state index contributed by atoms with van der Waals surface area (Å²) in [6, 6.07) is 16.0. The van der Waals surface area contributed by atoms with Crippen LogP contribution in [0.4, 0.5) is 0 Å². The van der Waals surface area contributed by atoms with E-state index in [1.807, 2.05) is 41.0 Å². The lowest BCUT2D eigenvalue weighted by Gasteiger charge is -2.26. The molecule has 0 spiro atoms. The third kappa shape index (κ3) is 2.62. The smallest absolute Gasteiger partial charge is 0.258 e. The van der Waals surface area contributed by atoms with Crippen molar-refractivity contribution in [2.24, 2.45) is 0 Å². The number of aryl methyl sites for hydroxylation is 2. The summed E-state index contributed by atoms with van der Waals surface area (Å²) in [6.07, 6.45) is 1.92. The summed E-state index contributed by atoms with van der Waals surface area (Å²) in [7, 11) is 3.56. The Morgan fingerprint density at radius 2 is 1.73 bits per heavy atom. The van der Waals surface area contributed by atoms with Gasteiger partial charge in [0.15, 0.2) is 0 Å². The highest BCUT2D eigenvalue weighted by atomic mass is 16.2. The number of hydrogen-bond acceptors (Lipinski definition) is 2. The van der Waals surface area contributed by atoms with E-state index in [9.17, 15) is 9.59 Å². The molecular formula is C22H22N2O2. The maximum Gasteiger partial charge on any atom is 0.258 e. The molecular weight excluding hydrogens is 324 g/mol. The van der Waals surface area contributed by atoms with Crippen molar-refractivity contribution in [3.63, 3.8) is 0 Å². The zero-order valence-corrected chi connectivity index (χ0v) is 15.2. The van der Waals surface area contributed by atoms with Crippen molar-refractivity contribution in [1.29, 1.82) is 0 Å². The van der Waals surface area contributed by atoms with Crippen LogP contribution in [0.3, 0.4) is 0 Å². The van der Waals surface area contributed by atoms with Crippen LogP contribution in [0.2, 0.25) is 0 Å². The van der Waals surface area contributed by atoms with Crippen molar-refractivity contribution in [2.75, 3.05) is 14.1 Å². The van der Waals surface area contributed by atoms with Crippen LogP contribution in [0.5, 0.6) is 0 Å². The number of carbonyl (C=O) groups is 1. The molecule has 1 aliphatic rings. The number of hydrogen-bond donors (Lipinski definition) is 0. The Balaban J connectivity index is 1.98. The third-order valence-electron chi connectivity index (χ3n) is 5.25. The zero-order chi connectivity index (χ0) is 18.3. The lowest BCUT2D eigenvalue weighted by Crippen LogP contribution is -2.28. The molecule has 1 aromatic heterocycles. The summed E-state index contributed by atoms with van der Waals surface area (Å²) in [4.78, 5) is 26.9. The normalized spacial score (nSPS) is 12.5. The maximum atomic E-state index is 13.1. The van der Waals surface area contributed by atoms with Crippen molar-refractivity contribution in [1.82, 2.24) is 9.47 Å². The van der Waals surface area contributed by atoms with Crippen molar-refractivity contribution >= 4 is 16.7 Å². The fourth-order valence-electron chi connectivity index (χ4n) is 3.90. The molecule has 4 rings (SSSR count). The molecule has 1 amide bonds. The van der Waals surface area contributed by atoms with Crippen molar-refractivity contribution < 1.29 is 4.79 Å². The van der Waals surface area contributed by atoms with Gasteiger partial charge in [0.1, 0.15) is 0 Å². The van der Waals surface area contributed by atoms with E-state index in [0.29, 0.717) is 19.4 Å². The van der Waals surface area contributed by atoms with E-state index in [1.165, 1.54) is 5.56 Å². The van der Waals surface area contributed by atoms with Gasteiger partial charge in [-0.3, -0.25) is 9.59 Å². The third-order valence-corrected chi connectivity index (χ3v) is 5.25. The number of aromatic nitrogens is 1. The van der Waals surface area contributed by atoms with Gasteiger partial charge in [-0.15, -0.1) is 0 Å². The second-order valence-corrected chi connectivity index (χ2v) is 7.02. The molecule has 4 nitrogen and oxygen atoms in total. The summed E-state index contributed by atoms with van der Waals surface area (Å²) < 4.78 is 1.90. The lowest BCUT2D eigenvalue weighted by molar-refractivity contribution is -0.128. The molecule has 3 aromatic rings. The maximum absolute atomic E-state index is 13.1. The van der Waals surface area contributed by atoms with Gasteiger partial charge in [-0.05, 0) is 35.4 Å². The second-order valence-electron chi connectivity index (χ2n) is 7.02. The minimum atomic E-state index is 0.0628. The highest BCUT2D eigenvalue weighted by molar-refractivity contribution is 5.91. The zero-order valence-electron chi connectivity index (χ0n) is 15.2. The highest BCUT2D eigenvalue weighted by Gasteiger charge is 2.23. The number of amides is 1. The predicted octanol–water partition coefficient (Wildman–Crippen LogP) is 3.25. The summed E-state index contributed by atoms with van der Waals surface area (Å²) in [5.74, 6) is 0.100. The van der Waals surface area contributed by atoms with Crippen LogP contribution in [0, 0.1) is 0 Å². The molecule has 0 N–H and O–H groups in total. The molecule has 0 unspecified atom stereocenters. The first kappa shape index (κ1) is 16.6. The van der Waals surface area contributed by atoms with Crippen molar-refractivity contribution in [3.05, 3.63) is 70.0 Å². The molecule has 1 aliphatic heterocycles. The molecule has 2 aromatic carbocycles. The minimum absolute atomic E-state index is 0.0628. The molecule has 4 heteroatoms. The van der Waals surface area contributed by atoms with Gasteiger partial charge < -0.3 is 9.47 Å². The van der Waals surface area contributed by atoms with E-state index in [4.69, 9.17) is 0 Å². The number of fused-ring (bicyclic) bond motifs is 4. The van der Waals surface area contributed by atoms with E-state index in [1.54, 1.807) is 19.0 Å². The lowest BCUT2D eigenvalue weighted by atomic mass is 9.90. The van der Waals surface area contributed by atoms with Crippen LogP contribution in [0.25, 0.3) is 22.0 Å². The number of pyridine rings is 1.